The van der Waals surface area contributed by atoms with E-state index in [0.29, 0.717) is 0 Å². The van der Waals surface area contributed by atoms with E-state index in [9.17, 15) is 4.79 Å². The first-order valence-corrected chi connectivity index (χ1v) is 4.26. The highest BCUT2D eigenvalue weighted by Crippen LogP contribution is 2.22. The molecule has 1 rings (SSSR count). The molecule has 0 spiro atoms. The van der Waals surface area contributed by atoms with Crippen LogP contribution in [0.2, 0.25) is 0 Å². The highest BCUT2D eigenvalue weighted by molar-refractivity contribution is 7.99. The monoisotopic (exact) mass is 146 g/mol. The van der Waals surface area contributed by atoms with Crippen LogP contribution in [0.25, 0.3) is 0 Å². The molecular weight excluding hydrogens is 136 g/mol. The number of rotatable bonds is 1. The van der Waals surface area contributed by atoms with Crippen molar-refractivity contribution in [3.05, 3.63) is 0 Å². The topological polar surface area (TPSA) is 37.3 Å². The number of carboxylic acids is 1. The molecule has 0 unspecified atom stereocenters. The molecular formula is C6H10O2S. The molecule has 1 aliphatic heterocycles. The first kappa shape index (κ1) is 6.93. The van der Waals surface area contributed by atoms with Gasteiger partial charge in [0.05, 0.1) is 5.92 Å². The Bertz CT molecular complexity index is 108. The Labute approximate surface area is 58.6 Å². The SMILES string of the molecule is O=C(O)[C@H]1CCCSC1. The van der Waals surface area contributed by atoms with Gasteiger partial charge < -0.3 is 5.11 Å². The van der Waals surface area contributed by atoms with Gasteiger partial charge in [0.1, 0.15) is 0 Å². The van der Waals surface area contributed by atoms with Crippen LogP contribution in [0.1, 0.15) is 12.8 Å². The molecule has 52 valence electrons. The van der Waals surface area contributed by atoms with Gasteiger partial charge in [0.2, 0.25) is 0 Å². The molecule has 2 nitrogen and oxygen atoms in total. The van der Waals surface area contributed by atoms with Crippen LogP contribution in [0, 0.1) is 5.92 Å². The average Bonchev–Trinajstić information content (AvgIpc) is 1.90. The van der Waals surface area contributed by atoms with Crippen molar-refractivity contribution >= 4 is 17.7 Å². The molecule has 0 aromatic heterocycles. The van der Waals surface area contributed by atoms with E-state index in [2.05, 4.69) is 0 Å². The van der Waals surface area contributed by atoms with Gasteiger partial charge in [-0.05, 0) is 18.6 Å². The summed E-state index contributed by atoms with van der Waals surface area (Å²) in [6, 6.07) is 0. The summed E-state index contributed by atoms with van der Waals surface area (Å²) in [5, 5.41) is 8.52. The summed E-state index contributed by atoms with van der Waals surface area (Å²) in [7, 11) is 0. The zero-order valence-corrected chi connectivity index (χ0v) is 5.99. The number of thioether (sulfide) groups is 1. The van der Waals surface area contributed by atoms with Crippen molar-refractivity contribution < 1.29 is 9.90 Å². The molecule has 0 aromatic rings. The Morgan fingerprint density at radius 1 is 1.67 bits per heavy atom. The molecule has 0 aromatic carbocycles. The second kappa shape index (κ2) is 3.11. The smallest absolute Gasteiger partial charge is 0.307 e. The quantitative estimate of drug-likeness (QED) is 0.604. The van der Waals surface area contributed by atoms with Gasteiger partial charge in [-0.15, -0.1) is 0 Å². The summed E-state index contributed by atoms with van der Waals surface area (Å²) in [5.41, 5.74) is 0. The van der Waals surface area contributed by atoms with Crippen LogP contribution in [0.5, 0.6) is 0 Å². The fourth-order valence-electron chi connectivity index (χ4n) is 0.935. The summed E-state index contributed by atoms with van der Waals surface area (Å²) < 4.78 is 0. The van der Waals surface area contributed by atoms with Crippen LogP contribution < -0.4 is 0 Å². The molecule has 0 radical (unpaired) electrons. The summed E-state index contributed by atoms with van der Waals surface area (Å²) in [4.78, 5) is 10.3. The van der Waals surface area contributed by atoms with Gasteiger partial charge in [0, 0.05) is 5.75 Å². The van der Waals surface area contributed by atoms with Crippen molar-refractivity contribution in [2.45, 2.75) is 12.8 Å². The number of carboxylic acid groups (broad SMARTS) is 1. The van der Waals surface area contributed by atoms with Gasteiger partial charge in [-0.2, -0.15) is 11.8 Å². The first-order chi connectivity index (χ1) is 4.30. The van der Waals surface area contributed by atoms with Crippen LogP contribution in [-0.2, 0) is 4.79 Å². The zero-order chi connectivity index (χ0) is 6.69. The molecule has 1 aliphatic rings. The summed E-state index contributed by atoms with van der Waals surface area (Å²) in [6.45, 7) is 0. The largest absolute Gasteiger partial charge is 0.481 e. The third-order valence-corrected chi connectivity index (χ3v) is 2.72. The van der Waals surface area contributed by atoms with Crippen LogP contribution in [0.15, 0.2) is 0 Å². The van der Waals surface area contributed by atoms with Crippen molar-refractivity contribution in [2.75, 3.05) is 11.5 Å². The Balaban J connectivity index is 2.31. The summed E-state index contributed by atoms with van der Waals surface area (Å²) >= 11 is 1.75. The Morgan fingerprint density at radius 3 is 2.78 bits per heavy atom. The molecule has 1 atom stereocenters. The van der Waals surface area contributed by atoms with Gasteiger partial charge in [-0.3, -0.25) is 4.79 Å². The van der Waals surface area contributed by atoms with E-state index in [0.717, 1.165) is 24.3 Å². The highest BCUT2D eigenvalue weighted by Gasteiger charge is 2.19. The maximum Gasteiger partial charge on any atom is 0.307 e. The maximum absolute atomic E-state index is 10.3. The van der Waals surface area contributed by atoms with Crippen LogP contribution in [-0.4, -0.2) is 22.6 Å². The van der Waals surface area contributed by atoms with Gasteiger partial charge >= 0.3 is 5.97 Å². The lowest BCUT2D eigenvalue weighted by Gasteiger charge is -2.16. The molecule has 1 heterocycles. The fraction of sp³-hybridized carbons (Fsp3) is 0.833. The fourth-order valence-corrected chi connectivity index (χ4v) is 2.07. The number of aliphatic carboxylic acids is 1. The standard InChI is InChI=1S/C6H10O2S/c7-6(8)5-2-1-3-9-4-5/h5H,1-4H2,(H,7,8)/t5-/m0/s1. The van der Waals surface area contributed by atoms with E-state index < -0.39 is 5.97 Å². The minimum Gasteiger partial charge on any atom is -0.481 e. The molecule has 1 N–H and O–H groups in total. The number of carbonyl (C=O) groups is 1. The van der Waals surface area contributed by atoms with Gasteiger partial charge in [0.15, 0.2) is 0 Å². The average molecular weight is 146 g/mol. The second-order valence-corrected chi connectivity index (χ2v) is 3.40. The molecule has 3 heteroatoms. The minimum atomic E-state index is -0.623. The van der Waals surface area contributed by atoms with Crippen molar-refractivity contribution in [1.29, 1.82) is 0 Å². The molecule has 0 amide bonds. The molecule has 0 aliphatic carbocycles. The van der Waals surface area contributed by atoms with Gasteiger partial charge in [-0.25, -0.2) is 0 Å². The lowest BCUT2D eigenvalue weighted by atomic mass is 10.1. The van der Waals surface area contributed by atoms with Crippen molar-refractivity contribution in [1.82, 2.24) is 0 Å². The second-order valence-electron chi connectivity index (χ2n) is 2.25. The number of hydrogen-bond acceptors (Lipinski definition) is 2. The third kappa shape index (κ3) is 1.90. The Kier molecular flexibility index (Phi) is 2.39. The maximum atomic E-state index is 10.3. The van der Waals surface area contributed by atoms with E-state index in [-0.39, 0.29) is 5.92 Å². The lowest BCUT2D eigenvalue weighted by molar-refractivity contribution is -0.141. The molecule has 1 saturated heterocycles. The minimum absolute atomic E-state index is 0.0660. The lowest BCUT2D eigenvalue weighted by Crippen LogP contribution is -2.19. The molecule has 1 fully saturated rings. The van der Waals surface area contributed by atoms with Gasteiger partial charge in [0.25, 0.3) is 0 Å². The predicted molar refractivity (Wildman–Crippen MR) is 37.7 cm³/mol. The summed E-state index contributed by atoms with van der Waals surface area (Å²) in [6.07, 6.45) is 1.95. The van der Waals surface area contributed by atoms with Crippen molar-refractivity contribution in [2.24, 2.45) is 5.92 Å². The Morgan fingerprint density at radius 2 is 2.44 bits per heavy atom. The van der Waals surface area contributed by atoms with Crippen LogP contribution in [0.3, 0.4) is 0 Å². The third-order valence-electron chi connectivity index (χ3n) is 1.51. The van der Waals surface area contributed by atoms with Crippen molar-refractivity contribution in [3.63, 3.8) is 0 Å². The number of hydrogen-bond donors (Lipinski definition) is 1. The van der Waals surface area contributed by atoms with E-state index >= 15 is 0 Å². The molecule has 0 saturated carbocycles. The van der Waals surface area contributed by atoms with E-state index in [1.165, 1.54) is 0 Å². The molecule has 9 heavy (non-hydrogen) atoms. The van der Waals surface area contributed by atoms with Crippen LogP contribution in [0.4, 0.5) is 0 Å². The first-order valence-electron chi connectivity index (χ1n) is 3.11. The predicted octanol–water partition coefficient (Wildman–Crippen LogP) is 1.21. The van der Waals surface area contributed by atoms with Crippen LogP contribution >= 0.6 is 11.8 Å². The Hall–Kier alpha value is -0.180. The highest BCUT2D eigenvalue weighted by atomic mass is 32.2. The zero-order valence-electron chi connectivity index (χ0n) is 5.17. The van der Waals surface area contributed by atoms with E-state index in [1.807, 2.05) is 0 Å². The summed E-state index contributed by atoms with van der Waals surface area (Å²) in [5.74, 6) is 1.27. The van der Waals surface area contributed by atoms with Gasteiger partial charge in [-0.1, -0.05) is 0 Å². The van der Waals surface area contributed by atoms with Crippen molar-refractivity contribution in [3.8, 4) is 0 Å². The van der Waals surface area contributed by atoms with E-state index in [4.69, 9.17) is 5.11 Å². The molecule has 0 bridgehead atoms. The van der Waals surface area contributed by atoms with E-state index in [1.54, 1.807) is 11.8 Å². The normalized spacial score (nSPS) is 27.8.